The van der Waals surface area contributed by atoms with Gasteiger partial charge in [0.1, 0.15) is 18.2 Å². The Kier molecular flexibility index (Phi) is 4.71. The highest BCUT2D eigenvalue weighted by molar-refractivity contribution is 5.99. The molecule has 1 aromatic rings. The van der Waals surface area contributed by atoms with E-state index in [4.69, 9.17) is 15.7 Å². The highest BCUT2D eigenvalue weighted by Crippen LogP contribution is 2.21. The zero-order valence-corrected chi connectivity index (χ0v) is 9.85. The number of hydrogen-bond donors (Lipinski definition) is 2. The van der Waals surface area contributed by atoms with E-state index in [1.165, 1.54) is 12.1 Å². The lowest BCUT2D eigenvalue weighted by atomic mass is 10.1. The van der Waals surface area contributed by atoms with Crippen LogP contribution in [0.5, 0.6) is 5.75 Å². The lowest BCUT2D eigenvalue weighted by Crippen LogP contribution is -2.21. The van der Waals surface area contributed by atoms with Gasteiger partial charge in [-0.05, 0) is 26.2 Å². The first-order valence-electron chi connectivity index (χ1n) is 5.10. The van der Waals surface area contributed by atoms with Crippen LogP contribution in [0.1, 0.15) is 5.56 Å². The Bertz CT molecular complexity index is 408. The van der Waals surface area contributed by atoms with Gasteiger partial charge in [-0.1, -0.05) is 11.2 Å². The molecule has 6 heteroatoms. The van der Waals surface area contributed by atoms with Crippen molar-refractivity contribution in [3.8, 4) is 5.75 Å². The summed E-state index contributed by atoms with van der Waals surface area (Å²) in [6.45, 7) is 1.08. The van der Waals surface area contributed by atoms with Gasteiger partial charge in [-0.15, -0.1) is 0 Å². The maximum absolute atomic E-state index is 13.5. The fraction of sp³-hybridized carbons (Fsp3) is 0.364. The second kappa shape index (κ2) is 6.05. The minimum Gasteiger partial charge on any atom is -0.491 e. The van der Waals surface area contributed by atoms with Crippen LogP contribution in [0.4, 0.5) is 4.39 Å². The number of nitrogens with zero attached hydrogens (tertiary/aromatic N) is 2. The van der Waals surface area contributed by atoms with Crippen molar-refractivity contribution >= 4 is 5.84 Å². The summed E-state index contributed by atoms with van der Waals surface area (Å²) in [7, 11) is 3.80. The maximum Gasteiger partial charge on any atom is 0.176 e. The number of oxime groups is 1. The van der Waals surface area contributed by atoms with Gasteiger partial charge < -0.3 is 20.6 Å². The van der Waals surface area contributed by atoms with E-state index in [9.17, 15) is 4.39 Å². The van der Waals surface area contributed by atoms with Crippen LogP contribution >= 0.6 is 0 Å². The SMILES string of the molecule is CN(C)CCOc1cccc(F)c1/C(N)=N/O. The molecule has 5 nitrogen and oxygen atoms in total. The van der Waals surface area contributed by atoms with E-state index < -0.39 is 5.82 Å². The Morgan fingerprint density at radius 3 is 2.82 bits per heavy atom. The molecule has 0 spiro atoms. The van der Waals surface area contributed by atoms with Crippen LogP contribution in [-0.2, 0) is 0 Å². The Labute approximate surface area is 99.3 Å². The molecule has 1 rings (SSSR count). The molecule has 3 N–H and O–H groups in total. The highest BCUT2D eigenvalue weighted by Gasteiger charge is 2.13. The fourth-order valence-corrected chi connectivity index (χ4v) is 1.26. The zero-order chi connectivity index (χ0) is 12.8. The number of amidine groups is 1. The fourth-order valence-electron chi connectivity index (χ4n) is 1.26. The molecular weight excluding hydrogens is 225 g/mol. The largest absolute Gasteiger partial charge is 0.491 e. The molecule has 0 aliphatic rings. The number of hydrogen-bond acceptors (Lipinski definition) is 4. The van der Waals surface area contributed by atoms with E-state index in [0.717, 1.165) is 0 Å². The summed E-state index contributed by atoms with van der Waals surface area (Å²) in [5, 5.41) is 11.4. The summed E-state index contributed by atoms with van der Waals surface area (Å²) in [5.74, 6) is -0.618. The van der Waals surface area contributed by atoms with Crippen LogP contribution in [-0.4, -0.2) is 43.2 Å². The van der Waals surface area contributed by atoms with Gasteiger partial charge in [-0.3, -0.25) is 0 Å². The molecule has 94 valence electrons. The number of ether oxygens (including phenoxy) is 1. The van der Waals surface area contributed by atoms with Crippen molar-refractivity contribution in [3.63, 3.8) is 0 Å². The molecule has 0 radical (unpaired) electrons. The van der Waals surface area contributed by atoms with Crippen molar-refractivity contribution in [2.45, 2.75) is 0 Å². The lowest BCUT2D eigenvalue weighted by molar-refractivity contribution is 0.259. The van der Waals surface area contributed by atoms with Gasteiger partial charge in [0.2, 0.25) is 0 Å². The molecule has 0 amide bonds. The average Bonchev–Trinajstić information content (AvgIpc) is 2.28. The van der Waals surface area contributed by atoms with Gasteiger partial charge in [0.15, 0.2) is 5.84 Å². The summed E-state index contributed by atoms with van der Waals surface area (Å²) in [5.41, 5.74) is 5.38. The van der Waals surface area contributed by atoms with E-state index in [1.807, 2.05) is 19.0 Å². The van der Waals surface area contributed by atoms with E-state index in [2.05, 4.69) is 5.16 Å². The van der Waals surface area contributed by atoms with E-state index in [1.54, 1.807) is 6.07 Å². The Morgan fingerprint density at radius 1 is 1.53 bits per heavy atom. The summed E-state index contributed by atoms with van der Waals surface area (Å²) >= 11 is 0. The minimum absolute atomic E-state index is 0.0197. The van der Waals surface area contributed by atoms with Crippen molar-refractivity contribution in [1.29, 1.82) is 0 Å². The lowest BCUT2D eigenvalue weighted by Gasteiger charge is -2.13. The summed E-state index contributed by atoms with van der Waals surface area (Å²) in [6.07, 6.45) is 0. The van der Waals surface area contributed by atoms with Crippen LogP contribution in [0.15, 0.2) is 23.4 Å². The quantitative estimate of drug-likeness (QED) is 0.347. The van der Waals surface area contributed by atoms with Gasteiger partial charge in [-0.2, -0.15) is 0 Å². The summed E-state index contributed by atoms with van der Waals surface area (Å²) < 4.78 is 18.9. The third kappa shape index (κ3) is 3.60. The monoisotopic (exact) mass is 241 g/mol. The summed E-state index contributed by atoms with van der Waals surface area (Å²) in [6, 6.07) is 4.31. The third-order valence-corrected chi connectivity index (χ3v) is 2.14. The molecule has 0 saturated heterocycles. The normalized spacial score (nSPS) is 11.9. The van der Waals surface area contributed by atoms with Crippen LogP contribution in [0.3, 0.4) is 0 Å². The van der Waals surface area contributed by atoms with Crippen LogP contribution < -0.4 is 10.5 Å². The second-order valence-electron chi connectivity index (χ2n) is 3.75. The molecule has 0 unspecified atom stereocenters. The smallest absolute Gasteiger partial charge is 0.176 e. The van der Waals surface area contributed by atoms with Crippen LogP contribution in [0, 0.1) is 5.82 Å². The number of halogens is 1. The predicted molar refractivity (Wildman–Crippen MR) is 63.0 cm³/mol. The van der Waals surface area contributed by atoms with Crippen molar-refractivity contribution < 1.29 is 14.3 Å². The predicted octanol–water partition coefficient (Wildman–Crippen LogP) is 0.861. The van der Waals surface area contributed by atoms with E-state index in [0.29, 0.717) is 13.2 Å². The molecule has 0 bridgehead atoms. The molecular formula is C11H16FN3O2. The summed E-state index contributed by atoms with van der Waals surface area (Å²) in [4.78, 5) is 1.93. The van der Waals surface area contributed by atoms with Gasteiger partial charge in [-0.25, -0.2) is 4.39 Å². The average molecular weight is 241 g/mol. The molecule has 0 atom stereocenters. The first-order valence-corrected chi connectivity index (χ1v) is 5.10. The number of rotatable bonds is 5. The Balaban J connectivity index is 2.88. The third-order valence-electron chi connectivity index (χ3n) is 2.14. The second-order valence-corrected chi connectivity index (χ2v) is 3.75. The topological polar surface area (TPSA) is 71.1 Å². The molecule has 0 fully saturated rings. The Morgan fingerprint density at radius 2 is 2.24 bits per heavy atom. The Hall–Kier alpha value is -1.82. The van der Waals surface area contributed by atoms with E-state index in [-0.39, 0.29) is 17.1 Å². The molecule has 17 heavy (non-hydrogen) atoms. The molecule has 0 heterocycles. The van der Waals surface area contributed by atoms with Gasteiger partial charge in [0.05, 0.1) is 5.56 Å². The molecule has 0 saturated carbocycles. The zero-order valence-electron chi connectivity index (χ0n) is 9.85. The van der Waals surface area contributed by atoms with Crippen molar-refractivity contribution in [1.82, 2.24) is 4.90 Å². The number of nitrogens with two attached hydrogens (primary N) is 1. The van der Waals surface area contributed by atoms with Crippen LogP contribution in [0.25, 0.3) is 0 Å². The minimum atomic E-state index is -0.581. The first kappa shape index (κ1) is 13.2. The first-order chi connectivity index (χ1) is 8.06. The van der Waals surface area contributed by atoms with Crippen LogP contribution in [0.2, 0.25) is 0 Å². The number of benzene rings is 1. The van der Waals surface area contributed by atoms with Gasteiger partial charge >= 0.3 is 0 Å². The van der Waals surface area contributed by atoms with E-state index >= 15 is 0 Å². The molecule has 0 aromatic heterocycles. The molecule has 0 aliphatic heterocycles. The highest BCUT2D eigenvalue weighted by atomic mass is 19.1. The van der Waals surface area contributed by atoms with Gasteiger partial charge in [0, 0.05) is 6.54 Å². The molecule has 1 aromatic carbocycles. The van der Waals surface area contributed by atoms with Gasteiger partial charge in [0.25, 0.3) is 0 Å². The molecule has 0 aliphatic carbocycles. The van der Waals surface area contributed by atoms with Crippen molar-refractivity contribution in [2.24, 2.45) is 10.9 Å². The van der Waals surface area contributed by atoms with Crippen molar-refractivity contribution in [3.05, 3.63) is 29.6 Å². The number of likely N-dealkylation sites (N-methyl/N-ethyl adjacent to an activating group) is 1. The standard InChI is InChI=1S/C11H16FN3O2/c1-15(2)6-7-17-9-5-3-4-8(12)10(9)11(13)14-16/h3-5,16H,6-7H2,1-2H3,(H2,13,14). The van der Waals surface area contributed by atoms with Crippen molar-refractivity contribution in [2.75, 3.05) is 27.2 Å². The maximum atomic E-state index is 13.5.